The molecular weight excluding hydrogens is 334 g/mol. The minimum absolute atomic E-state index is 0.161. The normalized spacial score (nSPS) is 18.3. The fraction of sp³-hybridized carbons (Fsp3) is 0.467. The van der Waals surface area contributed by atoms with E-state index in [1.165, 1.54) is 28.4 Å². The SMILES string of the molecule is CCc1ccc2nc(NC(=O)NCC3CSCCS3)sc2c1. The Kier molecular flexibility index (Phi) is 5.49. The monoisotopic (exact) mass is 353 g/mol. The fourth-order valence-electron chi connectivity index (χ4n) is 2.24. The number of carbonyl (C=O) groups excluding carboxylic acids is 1. The number of hydrogen-bond acceptors (Lipinski definition) is 5. The van der Waals surface area contributed by atoms with Gasteiger partial charge in [-0.2, -0.15) is 23.5 Å². The molecule has 1 atom stereocenters. The molecule has 1 aromatic heterocycles. The Hall–Kier alpha value is -0.920. The van der Waals surface area contributed by atoms with E-state index in [9.17, 15) is 4.79 Å². The largest absolute Gasteiger partial charge is 0.337 e. The molecule has 7 heteroatoms. The molecule has 3 rings (SSSR count). The molecule has 0 bridgehead atoms. The first-order valence-corrected chi connectivity index (χ1v) is 10.4. The average Bonchev–Trinajstić information content (AvgIpc) is 2.95. The molecular formula is C15H19N3OS3. The Morgan fingerprint density at radius 3 is 3.09 bits per heavy atom. The van der Waals surface area contributed by atoms with Crippen molar-refractivity contribution in [1.29, 1.82) is 0 Å². The molecule has 0 aliphatic carbocycles. The molecule has 0 saturated carbocycles. The van der Waals surface area contributed by atoms with E-state index in [1.54, 1.807) is 0 Å². The zero-order valence-electron chi connectivity index (χ0n) is 12.4. The Morgan fingerprint density at radius 1 is 1.41 bits per heavy atom. The van der Waals surface area contributed by atoms with Crippen LogP contribution in [0.3, 0.4) is 0 Å². The smallest absolute Gasteiger partial charge is 0.321 e. The van der Waals surface area contributed by atoms with Crippen LogP contribution in [0.25, 0.3) is 10.2 Å². The highest BCUT2D eigenvalue weighted by Gasteiger charge is 2.15. The van der Waals surface area contributed by atoms with Crippen LogP contribution in [0.2, 0.25) is 0 Å². The summed E-state index contributed by atoms with van der Waals surface area (Å²) in [6.45, 7) is 2.85. The highest BCUT2D eigenvalue weighted by Crippen LogP contribution is 2.27. The standard InChI is InChI=1S/C15H19N3OS3/c1-2-10-3-4-12-13(7-10)22-15(17-12)18-14(19)16-8-11-9-20-5-6-21-11/h3-4,7,11H,2,5-6,8-9H2,1H3,(H2,16,17,18,19). The number of hydrogen-bond donors (Lipinski definition) is 2. The van der Waals surface area contributed by atoms with Gasteiger partial charge in [0.2, 0.25) is 0 Å². The number of thiazole rings is 1. The van der Waals surface area contributed by atoms with E-state index in [0.29, 0.717) is 16.9 Å². The minimum atomic E-state index is -0.161. The summed E-state index contributed by atoms with van der Waals surface area (Å²) < 4.78 is 1.12. The van der Waals surface area contributed by atoms with Crippen LogP contribution in [0.5, 0.6) is 0 Å². The number of benzene rings is 1. The van der Waals surface area contributed by atoms with Gasteiger partial charge in [-0.05, 0) is 24.1 Å². The van der Waals surface area contributed by atoms with Crippen molar-refractivity contribution in [2.24, 2.45) is 0 Å². The van der Waals surface area contributed by atoms with Crippen molar-refractivity contribution in [2.75, 3.05) is 29.1 Å². The second-order valence-corrected chi connectivity index (χ2v) is 8.67. The van der Waals surface area contributed by atoms with Crippen molar-refractivity contribution < 1.29 is 4.79 Å². The van der Waals surface area contributed by atoms with Gasteiger partial charge in [0.15, 0.2) is 5.13 Å². The lowest BCUT2D eigenvalue weighted by Gasteiger charge is -2.20. The zero-order chi connectivity index (χ0) is 15.4. The van der Waals surface area contributed by atoms with E-state index in [1.807, 2.05) is 29.6 Å². The van der Waals surface area contributed by atoms with Crippen LogP contribution < -0.4 is 10.6 Å². The number of aromatic nitrogens is 1. The van der Waals surface area contributed by atoms with Gasteiger partial charge in [-0.25, -0.2) is 9.78 Å². The number of thioether (sulfide) groups is 2. The second kappa shape index (κ2) is 7.57. The number of fused-ring (bicyclic) bond motifs is 1. The first kappa shape index (κ1) is 16.0. The van der Waals surface area contributed by atoms with Crippen molar-refractivity contribution in [3.63, 3.8) is 0 Å². The molecule has 1 fully saturated rings. The van der Waals surface area contributed by atoms with Gasteiger partial charge < -0.3 is 5.32 Å². The molecule has 1 aliphatic heterocycles. The fourth-order valence-corrected chi connectivity index (χ4v) is 5.78. The van der Waals surface area contributed by atoms with Crippen molar-refractivity contribution in [3.8, 4) is 0 Å². The van der Waals surface area contributed by atoms with Crippen LogP contribution in [-0.2, 0) is 6.42 Å². The summed E-state index contributed by atoms with van der Waals surface area (Å²) in [5.41, 5.74) is 2.23. The van der Waals surface area contributed by atoms with Crippen molar-refractivity contribution in [2.45, 2.75) is 18.6 Å². The van der Waals surface area contributed by atoms with Gasteiger partial charge >= 0.3 is 6.03 Å². The number of carbonyl (C=O) groups is 1. The van der Waals surface area contributed by atoms with Crippen LogP contribution in [0.15, 0.2) is 18.2 Å². The number of aryl methyl sites for hydroxylation is 1. The molecule has 0 spiro atoms. The molecule has 1 unspecified atom stereocenters. The lowest BCUT2D eigenvalue weighted by atomic mass is 10.2. The maximum Gasteiger partial charge on any atom is 0.321 e. The maximum atomic E-state index is 12.0. The second-order valence-electron chi connectivity index (χ2n) is 5.08. The van der Waals surface area contributed by atoms with E-state index in [-0.39, 0.29) is 6.03 Å². The van der Waals surface area contributed by atoms with Gasteiger partial charge in [0, 0.05) is 29.1 Å². The minimum Gasteiger partial charge on any atom is -0.337 e. The van der Waals surface area contributed by atoms with Gasteiger partial charge in [0.25, 0.3) is 0 Å². The Bertz CT molecular complexity index is 653. The van der Waals surface area contributed by atoms with E-state index in [4.69, 9.17) is 0 Å². The van der Waals surface area contributed by atoms with E-state index < -0.39 is 0 Å². The van der Waals surface area contributed by atoms with Crippen LogP contribution in [0.1, 0.15) is 12.5 Å². The molecule has 2 aromatic rings. The zero-order valence-corrected chi connectivity index (χ0v) is 14.9. The third kappa shape index (κ3) is 4.08. The average molecular weight is 354 g/mol. The van der Waals surface area contributed by atoms with Gasteiger partial charge in [0.05, 0.1) is 10.2 Å². The van der Waals surface area contributed by atoms with E-state index in [2.05, 4.69) is 34.7 Å². The Balaban J connectivity index is 1.56. The molecule has 118 valence electrons. The van der Waals surface area contributed by atoms with Gasteiger partial charge in [-0.15, -0.1) is 0 Å². The summed E-state index contributed by atoms with van der Waals surface area (Å²) >= 11 is 5.43. The molecule has 1 aromatic carbocycles. The summed E-state index contributed by atoms with van der Waals surface area (Å²) in [6, 6.07) is 6.09. The molecule has 1 aliphatic rings. The molecule has 4 nitrogen and oxygen atoms in total. The van der Waals surface area contributed by atoms with Crippen LogP contribution >= 0.6 is 34.9 Å². The summed E-state index contributed by atoms with van der Waals surface area (Å²) in [5.74, 6) is 3.51. The molecule has 0 radical (unpaired) electrons. The quantitative estimate of drug-likeness (QED) is 0.877. The summed E-state index contributed by atoms with van der Waals surface area (Å²) in [6.07, 6.45) is 1.01. The number of anilines is 1. The van der Waals surface area contributed by atoms with E-state index in [0.717, 1.165) is 22.4 Å². The summed E-state index contributed by atoms with van der Waals surface area (Å²) in [4.78, 5) is 16.4. The third-order valence-corrected chi connectivity index (χ3v) is 7.24. The number of urea groups is 1. The van der Waals surface area contributed by atoms with Crippen LogP contribution in [0.4, 0.5) is 9.93 Å². The highest BCUT2D eigenvalue weighted by molar-refractivity contribution is 8.06. The van der Waals surface area contributed by atoms with Gasteiger partial charge in [-0.3, -0.25) is 5.32 Å². The molecule has 2 heterocycles. The first-order chi connectivity index (χ1) is 10.7. The third-order valence-electron chi connectivity index (χ3n) is 3.46. The number of rotatable bonds is 4. The molecule has 1 saturated heterocycles. The lowest BCUT2D eigenvalue weighted by molar-refractivity contribution is 0.252. The predicted octanol–water partition coefficient (Wildman–Crippen LogP) is 3.83. The van der Waals surface area contributed by atoms with Gasteiger partial charge in [0.1, 0.15) is 0 Å². The molecule has 2 amide bonds. The summed E-state index contributed by atoms with van der Waals surface area (Å²) in [7, 11) is 0. The van der Waals surface area contributed by atoms with Crippen molar-refractivity contribution in [3.05, 3.63) is 23.8 Å². The maximum absolute atomic E-state index is 12.0. The van der Waals surface area contributed by atoms with Gasteiger partial charge in [-0.1, -0.05) is 24.3 Å². The lowest BCUT2D eigenvalue weighted by Crippen LogP contribution is -2.36. The van der Waals surface area contributed by atoms with Crippen LogP contribution in [-0.4, -0.2) is 40.1 Å². The number of amides is 2. The predicted molar refractivity (Wildman–Crippen MR) is 99.6 cm³/mol. The first-order valence-electron chi connectivity index (χ1n) is 7.38. The number of nitrogens with one attached hydrogen (secondary N) is 2. The van der Waals surface area contributed by atoms with Crippen molar-refractivity contribution in [1.82, 2.24) is 10.3 Å². The Morgan fingerprint density at radius 2 is 2.32 bits per heavy atom. The van der Waals surface area contributed by atoms with Crippen LogP contribution in [0, 0.1) is 0 Å². The number of nitrogens with zero attached hydrogens (tertiary/aromatic N) is 1. The highest BCUT2D eigenvalue weighted by atomic mass is 32.2. The Labute approximate surface area is 142 Å². The molecule has 22 heavy (non-hydrogen) atoms. The molecule has 2 N–H and O–H groups in total. The van der Waals surface area contributed by atoms with Crippen molar-refractivity contribution >= 4 is 56.2 Å². The summed E-state index contributed by atoms with van der Waals surface area (Å²) in [5, 5.41) is 6.98. The topological polar surface area (TPSA) is 54.0 Å². The van der Waals surface area contributed by atoms with E-state index >= 15 is 0 Å².